The van der Waals surface area contributed by atoms with Crippen molar-refractivity contribution in [1.82, 2.24) is 10.2 Å². The van der Waals surface area contributed by atoms with Gasteiger partial charge in [-0.15, -0.1) is 0 Å². The summed E-state index contributed by atoms with van der Waals surface area (Å²) in [5.74, 6) is 0.503. The molecule has 242 valence electrons. The Kier molecular flexibility index (Phi) is 10.9. The Morgan fingerprint density at radius 3 is 2.51 bits per heavy atom. The summed E-state index contributed by atoms with van der Waals surface area (Å²) in [6, 6.07) is 9.47. The van der Waals surface area contributed by atoms with Crippen LogP contribution in [-0.2, 0) is 11.4 Å². The number of methoxy groups -OCH3 is 2. The topological polar surface area (TPSA) is 151 Å². The molecule has 0 bridgehead atoms. The van der Waals surface area contributed by atoms with Crippen molar-refractivity contribution in [1.29, 1.82) is 0 Å². The third kappa shape index (κ3) is 7.08. The summed E-state index contributed by atoms with van der Waals surface area (Å²) in [7, 11) is 3.02. The van der Waals surface area contributed by atoms with Gasteiger partial charge in [0.25, 0.3) is 5.91 Å². The summed E-state index contributed by atoms with van der Waals surface area (Å²) in [4.78, 5) is 29.4. The number of para-hydroxylation sites is 1. The molecular formula is C33H39IN2O9. The van der Waals surface area contributed by atoms with E-state index in [-0.39, 0.29) is 43.9 Å². The highest BCUT2D eigenvalue weighted by molar-refractivity contribution is 14.1. The fourth-order valence-corrected chi connectivity index (χ4v) is 7.03. The summed E-state index contributed by atoms with van der Waals surface area (Å²) >= 11 is 2.07. The smallest absolute Gasteiger partial charge is 0.290 e. The number of hydrogen-bond acceptors (Lipinski definition) is 9. The summed E-state index contributed by atoms with van der Waals surface area (Å²) < 4.78 is 24.1. The van der Waals surface area contributed by atoms with Crippen molar-refractivity contribution < 1.29 is 43.5 Å². The normalized spacial score (nSPS) is 20.4. The summed E-state index contributed by atoms with van der Waals surface area (Å²) in [6.45, 7) is -0.378. The summed E-state index contributed by atoms with van der Waals surface area (Å²) in [5, 5.41) is 34.4. The molecule has 1 saturated carbocycles. The fourth-order valence-electron chi connectivity index (χ4n) is 6.24. The minimum atomic E-state index is -1.22. The molecule has 1 fully saturated rings. The van der Waals surface area contributed by atoms with Gasteiger partial charge in [0, 0.05) is 30.0 Å². The lowest BCUT2D eigenvalue weighted by Crippen LogP contribution is -2.58. The Bertz CT molecular complexity index is 1550. The Morgan fingerprint density at radius 2 is 1.82 bits per heavy atom. The molecule has 0 saturated heterocycles. The van der Waals surface area contributed by atoms with Crippen molar-refractivity contribution in [3.63, 3.8) is 0 Å². The first-order chi connectivity index (χ1) is 21.8. The van der Waals surface area contributed by atoms with E-state index in [9.17, 15) is 24.9 Å². The molecule has 12 heteroatoms. The number of halogens is 1. The molecule has 0 unspecified atom stereocenters. The molecule has 2 aromatic carbocycles. The van der Waals surface area contributed by atoms with Gasteiger partial charge in [0.2, 0.25) is 5.91 Å². The number of amides is 2. The Labute approximate surface area is 275 Å². The van der Waals surface area contributed by atoms with E-state index < -0.39 is 24.2 Å². The lowest BCUT2D eigenvalue weighted by molar-refractivity contribution is -0.118. The number of aliphatic hydroxyl groups excluding tert-OH is 3. The second-order valence-corrected chi connectivity index (χ2v) is 12.4. The molecule has 0 spiro atoms. The van der Waals surface area contributed by atoms with Crippen molar-refractivity contribution >= 4 is 45.4 Å². The summed E-state index contributed by atoms with van der Waals surface area (Å²) in [5.41, 5.74) is 1.40. The van der Waals surface area contributed by atoms with Gasteiger partial charge in [-0.3, -0.25) is 9.59 Å². The molecule has 2 amide bonds. The van der Waals surface area contributed by atoms with Gasteiger partial charge < -0.3 is 44.2 Å². The Morgan fingerprint density at radius 1 is 1.07 bits per heavy atom. The molecule has 1 aromatic heterocycles. The van der Waals surface area contributed by atoms with Gasteiger partial charge >= 0.3 is 0 Å². The molecule has 2 aliphatic rings. The fraction of sp³-hybridized carbons (Fsp3) is 0.455. The van der Waals surface area contributed by atoms with E-state index in [1.165, 1.54) is 14.2 Å². The maximum atomic E-state index is 14.4. The van der Waals surface area contributed by atoms with Gasteiger partial charge in [0.15, 0.2) is 28.6 Å². The first kappa shape index (κ1) is 33.0. The monoisotopic (exact) mass is 734 g/mol. The number of nitrogens with one attached hydrogen (secondary N) is 1. The minimum Gasteiger partial charge on any atom is -0.493 e. The van der Waals surface area contributed by atoms with E-state index in [0.29, 0.717) is 42.9 Å². The third-order valence-corrected chi connectivity index (χ3v) is 9.24. The lowest BCUT2D eigenvalue weighted by Gasteiger charge is -2.44. The van der Waals surface area contributed by atoms with Crippen molar-refractivity contribution in [2.45, 2.75) is 69.4 Å². The Balaban J connectivity index is 1.56. The number of benzene rings is 2. The minimum absolute atomic E-state index is 0.0509. The van der Waals surface area contributed by atoms with Crippen LogP contribution in [0.15, 0.2) is 52.5 Å². The van der Waals surface area contributed by atoms with E-state index in [2.05, 4.69) is 27.9 Å². The van der Waals surface area contributed by atoms with E-state index in [4.69, 9.17) is 18.6 Å². The molecule has 2 aliphatic carbocycles. The van der Waals surface area contributed by atoms with Crippen LogP contribution in [0, 0.1) is 3.57 Å². The number of hydrogen-bond donors (Lipinski definition) is 4. The van der Waals surface area contributed by atoms with Gasteiger partial charge in [0.05, 0.1) is 37.0 Å². The SMILES string of the molecule is COc1cc(CO)cc(I)c1O[C@H]1C=C(C(=O)NCCO)C[C@@H](N(C(=O)c2cc3cccc(OC)c3o2)C2CCCCC2)[C@@H]1O. The molecule has 3 atom stereocenters. The average molecular weight is 735 g/mol. The number of nitrogens with zero attached hydrogens (tertiary/aromatic N) is 1. The predicted molar refractivity (Wildman–Crippen MR) is 174 cm³/mol. The van der Waals surface area contributed by atoms with Gasteiger partial charge in [-0.2, -0.15) is 0 Å². The maximum Gasteiger partial charge on any atom is 0.290 e. The second-order valence-electron chi connectivity index (χ2n) is 11.3. The zero-order valence-electron chi connectivity index (χ0n) is 25.3. The van der Waals surface area contributed by atoms with E-state index in [1.54, 1.807) is 35.2 Å². The molecule has 0 aliphatic heterocycles. The van der Waals surface area contributed by atoms with Crippen LogP contribution in [-0.4, -0.2) is 83.7 Å². The number of ether oxygens (including phenoxy) is 3. The number of aliphatic hydroxyl groups is 3. The number of fused-ring (bicyclic) bond motifs is 1. The van der Waals surface area contributed by atoms with Crippen LogP contribution >= 0.6 is 22.6 Å². The highest BCUT2D eigenvalue weighted by Gasteiger charge is 2.44. The van der Waals surface area contributed by atoms with Crippen LogP contribution in [0.5, 0.6) is 17.2 Å². The van der Waals surface area contributed by atoms with Crippen LogP contribution in [0.25, 0.3) is 11.0 Å². The molecule has 45 heavy (non-hydrogen) atoms. The zero-order chi connectivity index (χ0) is 32.1. The second kappa shape index (κ2) is 14.8. The van der Waals surface area contributed by atoms with Crippen molar-refractivity contribution in [2.75, 3.05) is 27.4 Å². The van der Waals surface area contributed by atoms with Gasteiger partial charge in [-0.25, -0.2) is 0 Å². The zero-order valence-corrected chi connectivity index (χ0v) is 27.5. The van der Waals surface area contributed by atoms with Crippen molar-refractivity contribution in [3.05, 3.63) is 62.9 Å². The highest BCUT2D eigenvalue weighted by Crippen LogP contribution is 2.39. The van der Waals surface area contributed by atoms with Crippen LogP contribution in [0.4, 0.5) is 0 Å². The molecule has 1 heterocycles. The van der Waals surface area contributed by atoms with Crippen LogP contribution in [0.1, 0.15) is 54.6 Å². The molecule has 4 N–H and O–H groups in total. The summed E-state index contributed by atoms with van der Waals surface area (Å²) in [6.07, 6.45) is 3.78. The van der Waals surface area contributed by atoms with Crippen molar-refractivity contribution in [2.24, 2.45) is 0 Å². The predicted octanol–water partition coefficient (Wildman–Crippen LogP) is 3.94. The van der Waals surface area contributed by atoms with Gasteiger partial charge in [0.1, 0.15) is 12.2 Å². The van der Waals surface area contributed by atoms with E-state index >= 15 is 0 Å². The largest absolute Gasteiger partial charge is 0.493 e. The van der Waals surface area contributed by atoms with Gasteiger partial charge in [-0.05, 0) is 71.3 Å². The number of rotatable bonds is 11. The third-order valence-electron chi connectivity index (χ3n) is 8.44. The molecule has 0 radical (unpaired) electrons. The van der Waals surface area contributed by atoms with E-state index in [0.717, 1.165) is 32.1 Å². The maximum absolute atomic E-state index is 14.4. The highest BCUT2D eigenvalue weighted by atomic mass is 127. The molecule has 5 rings (SSSR count). The standard InChI is InChI=1S/C33H39IN2O9/c1-42-25-10-6-7-20-16-28(45-30(20)25)33(41)36(22-8-4-3-5-9-22)24-15-21(32(40)35-11-12-37)17-26(29(24)39)44-31-23(34)13-19(18-38)14-27(31)43-2/h6-7,10,13-14,16-17,22,24,26,29,37-39H,3-5,8-9,11-12,15,18H2,1-2H3,(H,35,40)/t24-,26+,29+/m1/s1. The first-order valence-corrected chi connectivity index (χ1v) is 16.2. The average Bonchev–Trinajstić information content (AvgIpc) is 3.51. The number of carbonyl (C=O) groups excluding carboxylic acids is 2. The first-order valence-electron chi connectivity index (χ1n) is 15.1. The Hall–Kier alpha value is -3.33. The quantitative estimate of drug-likeness (QED) is 0.215. The molecule has 3 aromatic rings. The van der Waals surface area contributed by atoms with Crippen molar-refractivity contribution in [3.8, 4) is 17.2 Å². The lowest BCUT2D eigenvalue weighted by atomic mass is 9.85. The van der Waals surface area contributed by atoms with Gasteiger partial charge in [-0.1, -0.05) is 31.4 Å². The number of furan rings is 1. The molecule has 11 nitrogen and oxygen atoms in total. The van der Waals surface area contributed by atoms with E-state index in [1.807, 2.05) is 12.1 Å². The number of carbonyl (C=O) groups is 2. The van der Waals surface area contributed by atoms with Crippen LogP contribution < -0.4 is 19.5 Å². The van der Waals surface area contributed by atoms with Crippen LogP contribution in [0.3, 0.4) is 0 Å². The molecular weight excluding hydrogens is 695 g/mol. The van der Waals surface area contributed by atoms with Crippen LogP contribution in [0.2, 0.25) is 0 Å².